The minimum absolute atomic E-state index is 0.221. The third-order valence-electron chi connectivity index (χ3n) is 12.2. The minimum atomic E-state index is -0.248. The maximum absolute atomic E-state index is 5.11. The molecule has 0 unspecified atom stereocenters. The Bertz CT molecular complexity index is 3100. The third kappa shape index (κ3) is 5.56. The van der Waals surface area contributed by atoms with Crippen molar-refractivity contribution in [2.24, 2.45) is 15.0 Å². The van der Waals surface area contributed by atoms with Crippen molar-refractivity contribution < 1.29 is 0 Å². The quantitative estimate of drug-likeness (QED) is 0.135. The van der Waals surface area contributed by atoms with Gasteiger partial charge in [-0.1, -0.05) is 137 Å². The number of fused-ring (bicyclic) bond motifs is 8. The summed E-state index contributed by atoms with van der Waals surface area (Å²) in [7, 11) is 0. The van der Waals surface area contributed by atoms with Crippen molar-refractivity contribution in [2.45, 2.75) is 45.1 Å². The Morgan fingerprint density at radius 3 is 1.89 bits per heavy atom. The molecule has 0 atom stereocenters. The fourth-order valence-corrected chi connectivity index (χ4v) is 9.15. The van der Waals surface area contributed by atoms with Gasteiger partial charge in [0.15, 0.2) is 11.7 Å². The van der Waals surface area contributed by atoms with Crippen LogP contribution < -0.4 is 0 Å². The number of benzene rings is 7. The summed E-state index contributed by atoms with van der Waals surface area (Å²) in [6.07, 6.45) is 0. The molecule has 0 aliphatic heterocycles. The number of aromatic nitrogens is 2. The number of H-pyrrole nitrogens is 1. The van der Waals surface area contributed by atoms with Crippen LogP contribution in [0, 0.1) is 0 Å². The van der Waals surface area contributed by atoms with Crippen molar-refractivity contribution in [1.82, 2.24) is 9.55 Å². The first-order chi connectivity index (χ1) is 27.7. The molecule has 1 N–H and O–H groups in total. The average Bonchev–Trinajstić information content (AvgIpc) is 3.78. The van der Waals surface area contributed by atoms with E-state index < -0.39 is 0 Å². The second-order valence-corrected chi connectivity index (χ2v) is 16.3. The number of nitrogens with one attached hydrogen (secondary N) is 1. The van der Waals surface area contributed by atoms with Gasteiger partial charge in [0.25, 0.3) is 0 Å². The number of amidine groups is 2. The lowest BCUT2D eigenvalue weighted by atomic mass is 9.59. The van der Waals surface area contributed by atoms with E-state index >= 15 is 0 Å². The molecule has 0 spiro atoms. The fraction of sp³-hybridized carbons (Fsp3) is 0.135. The molecule has 7 aromatic carbocycles. The van der Waals surface area contributed by atoms with Gasteiger partial charge in [-0.15, -0.1) is 0 Å². The highest BCUT2D eigenvalue weighted by Crippen LogP contribution is 2.53. The fourth-order valence-electron chi connectivity index (χ4n) is 9.15. The molecule has 0 bridgehead atoms. The lowest BCUT2D eigenvalue weighted by Crippen LogP contribution is -2.36. The van der Waals surface area contributed by atoms with Gasteiger partial charge in [0, 0.05) is 60.2 Å². The zero-order valence-electron chi connectivity index (χ0n) is 32.7. The molecule has 9 aromatic rings. The van der Waals surface area contributed by atoms with E-state index in [0.29, 0.717) is 18.2 Å². The average molecular weight is 738 g/mol. The highest BCUT2D eigenvalue weighted by atomic mass is 15.0. The molecule has 0 fully saturated rings. The number of nitrogens with zero attached hydrogens (tertiary/aromatic N) is 4. The van der Waals surface area contributed by atoms with Crippen molar-refractivity contribution in [3.05, 3.63) is 197 Å². The van der Waals surface area contributed by atoms with E-state index in [1.165, 1.54) is 60.3 Å². The predicted molar refractivity (Wildman–Crippen MR) is 240 cm³/mol. The van der Waals surface area contributed by atoms with E-state index in [1.807, 2.05) is 48.5 Å². The highest BCUT2D eigenvalue weighted by Gasteiger charge is 2.42. The summed E-state index contributed by atoms with van der Waals surface area (Å²) in [5.41, 5.74) is 13.7. The molecule has 0 saturated heterocycles. The molecule has 0 radical (unpaired) electrons. The lowest BCUT2D eigenvalue weighted by molar-refractivity contribution is 0.523. The zero-order chi connectivity index (χ0) is 38.9. The molecule has 57 heavy (non-hydrogen) atoms. The van der Waals surface area contributed by atoms with Gasteiger partial charge >= 0.3 is 0 Å². The molecule has 10 rings (SSSR count). The van der Waals surface area contributed by atoms with Crippen molar-refractivity contribution in [3.8, 4) is 5.69 Å². The molecule has 0 amide bonds. The Balaban J connectivity index is 1.17. The van der Waals surface area contributed by atoms with Crippen LogP contribution >= 0.6 is 0 Å². The van der Waals surface area contributed by atoms with Gasteiger partial charge < -0.3 is 9.55 Å². The molecule has 0 saturated carbocycles. The standard InChI is InChI=1S/C52H43N5/c1-51(2)42-29-40-38-24-13-15-26-47(38)57(48(40)31-44(42)52(3,4)41-28-39-37-23-12-14-25-45(37)55-46(39)30-43(41)51)36-22-16-21-35(27-36)50(54-32-33-17-8-6-9-18-33)56-49(53-5)34-19-10-7-11-20-34/h6-31,55H,5,32H2,1-4H3. The first kappa shape index (κ1) is 34.6. The summed E-state index contributed by atoms with van der Waals surface area (Å²) < 4.78 is 2.41. The summed E-state index contributed by atoms with van der Waals surface area (Å²) >= 11 is 0. The van der Waals surface area contributed by atoms with Crippen LogP contribution in [0.3, 0.4) is 0 Å². The molecule has 2 heterocycles. The zero-order valence-corrected chi connectivity index (χ0v) is 32.7. The molecule has 5 heteroatoms. The Morgan fingerprint density at radius 1 is 0.526 bits per heavy atom. The SMILES string of the molecule is C=NC(=NC(=NCc1ccccc1)c1cccc(-n2c3ccccc3c3cc4c(cc32)C(C)(C)c2cc3c(cc2C4(C)C)[nH]c2ccccc23)c1)c1ccccc1. The van der Waals surface area contributed by atoms with E-state index in [4.69, 9.17) is 9.98 Å². The van der Waals surface area contributed by atoms with Crippen LogP contribution in [0.25, 0.3) is 49.3 Å². The lowest BCUT2D eigenvalue weighted by Gasteiger charge is -2.44. The summed E-state index contributed by atoms with van der Waals surface area (Å²) in [5.74, 6) is 1.14. The monoisotopic (exact) mass is 737 g/mol. The summed E-state index contributed by atoms with van der Waals surface area (Å²) in [4.78, 5) is 18.2. The van der Waals surface area contributed by atoms with E-state index in [-0.39, 0.29) is 10.8 Å². The van der Waals surface area contributed by atoms with Gasteiger partial charge in [-0.25, -0.2) is 9.98 Å². The van der Waals surface area contributed by atoms with Crippen LogP contribution in [-0.2, 0) is 17.4 Å². The molecule has 1 aliphatic rings. The first-order valence-corrected chi connectivity index (χ1v) is 19.7. The minimum Gasteiger partial charge on any atom is -0.355 e. The van der Waals surface area contributed by atoms with Crippen LogP contribution in [-0.4, -0.2) is 27.9 Å². The highest BCUT2D eigenvalue weighted by molar-refractivity contribution is 6.14. The van der Waals surface area contributed by atoms with Crippen molar-refractivity contribution in [1.29, 1.82) is 0 Å². The smallest absolute Gasteiger partial charge is 0.161 e. The van der Waals surface area contributed by atoms with Crippen molar-refractivity contribution in [2.75, 3.05) is 0 Å². The number of hydrogen-bond donors (Lipinski definition) is 1. The number of aromatic amines is 1. The molecule has 2 aromatic heterocycles. The first-order valence-electron chi connectivity index (χ1n) is 19.7. The number of aliphatic imine (C=N–C) groups is 3. The summed E-state index contributed by atoms with van der Waals surface area (Å²) in [6, 6.07) is 56.1. The van der Waals surface area contributed by atoms with Gasteiger partial charge in [0.1, 0.15) is 0 Å². The maximum atomic E-state index is 5.11. The van der Waals surface area contributed by atoms with E-state index in [2.05, 4.69) is 158 Å². The summed E-state index contributed by atoms with van der Waals surface area (Å²) in [6.45, 7) is 13.9. The van der Waals surface area contributed by atoms with Crippen LogP contribution in [0.15, 0.2) is 173 Å². The van der Waals surface area contributed by atoms with Crippen LogP contribution in [0.4, 0.5) is 0 Å². The molecule has 5 nitrogen and oxygen atoms in total. The summed E-state index contributed by atoms with van der Waals surface area (Å²) in [5, 5.41) is 5.01. The number of para-hydroxylation sites is 2. The molecule has 1 aliphatic carbocycles. The Labute approximate surface area is 332 Å². The predicted octanol–water partition coefficient (Wildman–Crippen LogP) is 12.5. The topological polar surface area (TPSA) is 57.8 Å². The van der Waals surface area contributed by atoms with E-state index in [1.54, 1.807) is 0 Å². The second-order valence-electron chi connectivity index (χ2n) is 16.3. The maximum Gasteiger partial charge on any atom is 0.161 e. The number of hydrogen-bond acceptors (Lipinski definition) is 1. The van der Waals surface area contributed by atoms with Gasteiger partial charge in [-0.3, -0.25) is 4.99 Å². The van der Waals surface area contributed by atoms with Crippen LogP contribution in [0.5, 0.6) is 0 Å². The Hall–Kier alpha value is -6.85. The van der Waals surface area contributed by atoms with E-state index in [9.17, 15) is 0 Å². The molecular formula is C52H43N5. The second kappa shape index (κ2) is 13.1. The largest absolute Gasteiger partial charge is 0.355 e. The Kier molecular flexibility index (Phi) is 7.98. The van der Waals surface area contributed by atoms with Crippen LogP contribution in [0.1, 0.15) is 66.6 Å². The third-order valence-corrected chi connectivity index (χ3v) is 12.2. The van der Waals surface area contributed by atoms with Gasteiger partial charge in [-0.2, -0.15) is 0 Å². The van der Waals surface area contributed by atoms with Gasteiger partial charge in [-0.05, 0) is 83.1 Å². The normalized spacial score (nSPS) is 14.9. The van der Waals surface area contributed by atoms with Gasteiger partial charge in [0.2, 0.25) is 0 Å². The van der Waals surface area contributed by atoms with Crippen LogP contribution in [0.2, 0.25) is 0 Å². The number of rotatable bonds is 5. The van der Waals surface area contributed by atoms with Crippen molar-refractivity contribution >= 4 is 62.0 Å². The van der Waals surface area contributed by atoms with Gasteiger partial charge in [0.05, 0.1) is 17.6 Å². The Morgan fingerprint density at radius 2 is 1.14 bits per heavy atom. The molecular weight excluding hydrogens is 695 g/mol. The molecule has 276 valence electrons. The van der Waals surface area contributed by atoms with E-state index in [0.717, 1.165) is 27.9 Å². The van der Waals surface area contributed by atoms with Crippen molar-refractivity contribution in [3.63, 3.8) is 0 Å².